The molecule has 112 valence electrons. The Bertz CT molecular complexity index is 587. The Morgan fingerprint density at radius 1 is 1.33 bits per heavy atom. The number of amides is 1. The molecule has 1 aromatic carbocycles. The largest absolute Gasteiger partial charge is 0.440 e. The number of alkyl halides is 3. The van der Waals surface area contributed by atoms with Gasteiger partial charge in [-0.1, -0.05) is 11.8 Å². The van der Waals surface area contributed by atoms with Gasteiger partial charge in [-0.2, -0.15) is 18.3 Å². The summed E-state index contributed by atoms with van der Waals surface area (Å²) in [4.78, 5) is 15.9. The number of halogens is 3. The molecular formula is C11H9F3N4O2S. The number of aromatic nitrogens is 3. The summed E-state index contributed by atoms with van der Waals surface area (Å²) < 4.78 is 39.6. The highest BCUT2D eigenvalue weighted by Crippen LogP contribution is 2.25. The summed E-state index contributed by atoms with van der Waals surface area (Å²) in [6, 6.07) is 6.42. The van der Waals surface area contributed by atoms with E-state index in [0.29, 0.717) is 10.8 Å². The summed E-state index contributed by atoms with van der Waals surface area (Å²) in [7, 11) is 0. The number of nitrogens with one attached hydrogen (secondary N) is 2. The van der Waals surface area contributed by atoms with Crippen molar-refractivity contribution in [1.29, 1.82) is 0 Å². The first-order valence-electron chi connectivity index (χ1n) is 5.56. The van der Waals surface area contributed by atoms with Crippen LogP contribution in [-0.4, -0.2) is 34.1 Å². The van der Waals surface area contributed by atoms with Gasteiger partial charge < -0.3 is 4.74 Å². The third-order valence-electron chi connectivity index (χ3n) is 2.08. The minimum atomic E-state index is -4.55. The standard InChI is InChI=1S/C11H9F3N4O2S/c12-11(13,14)5-20-10(19)17-7-1-3-8(4-2-7)21-9-15-6-16-18-9/h1-4,6H,5H2,(H,17,19)(H,15,16,18). The summed E-state index contributed by atoms with van der Waals surface area (Å²) in [6.45, 7) is -1.63. The molecule has 0 aliphatic carbocycles. The van der Waals surface area contributed by atoms with Crippen LogP contribution in [0.25, 0.3) is 0 Å². The molecule has 2 aromatic rings. The van der Waals surface area contributed by atoms with E-state index in [1.54, 1.807) is 12.1 Å². The van der Waals surface area contributed by atoms with Crippen LogP contribution in [0.15, 0.2) is 40.6 Å². The maximum Gasteiger partial charge on any atom is 0.422 e. The summed E-state index contributed by atoms with van der Waals surface area (Å²) in [5.74, 6) is 0. The molecule has 1 heterocycles. The monoisotopic (exact) mass is 318 g/mol. The molecule has 21 heavy (non-hydrogen) atoms. The Morgan fingerprint density at radius 3 is 2.62 bits per heavy atom. The first-order chi connectivity index (χ1) is 9.92. The van der Waals surface area contributed by atoms with Crippen LogP contribution in [0.4, 0.5) is 23.7 Å². The van der Waals surface area contributed by atoms with E-state index in [4.69, 9.17) is 0 Å². The molecule has 0 aliphatic heterocycles. The lowest BCUT2D eigenvalue weighted by atomic mass is 10.3. The zero-order valence-electron chi connectivity index (χ0n) is 10.3. The van der Waals surface area contributed by atoms with Gasteiger partial charge in [0.1, 0.15) is 6.33 Å². The van der Waals surface area contributed by atoms with Crippen LogP contribution in [0.1, 0.15) is 0 Å². The third-order valence-corrected chi connectivity index (χ3v) is 2.97. The predicted octanol–water partition coefficient (Wildman–Crippen LogP) is 3.07. The van der Waals surface area contributed by atoms with E-state index in [-0.39, 0.29) is 0 Å². The third kappa shape index (κ3) is 5.34. The minimum absolute atomic E-state index is 0.323. The number of H-pyrrole nitrogens is 1. The number of aromatic amines is 1. The summed E-state index contributed by atoms with van der Waals surface area (Å²) >= 11 is 1.31. The first-order valence-corrected chi connectivity index (χ1v) is 6.38. The number of rotatable bonds is 4. The summed E-state index contributed by atoms with van der Waals surface area (Å²) in [6.07, 6.45) is -4.34. The molecule has 0 bridgehead atoms. The average molecular weight is 318 g/mol. The van der Waals surface area contributed by atoms with Gasteiger partial charge in [0.15, 0.2) is 11.8 Å². The van der Waals surface area contributed by atoms with Gasteiger partial charge in [0, 0.05) is 10.6 Å². The molecule has 0 unspecified atom stereocenters. The second-order valence-electron chi connectivity index (χ2n) is 3.73. The smallest absolute Gasteiger partial charge is 0.422 e. The highest BCUT2D eigenvalue weighted by atomic mass is 32.2. The Labute approximate surface area is 121 Å². The summed E-state index contributed by atoms with van der Waals surface area (Å²) in [5.41, 5.74) is 0.323. The van der Waals surface area contributed by atoms with Crippen molar-refractivity contribution in [2.45, 2.75) is 16.2 Å². The number of anilines is 1. The molecule has 2 N–H and O–H groups in total. The van der Waals surface area contributed by atoms with Crippen molar-refractivity contribution >= 4 is 23.5 Å². The normalized spacial score (nSPS) is 11.2. The molecule has 0 saturated carbocycles. The zero-order chi connectivity index (χ0) is 15.3. The molecule has 0 saturated heterocycles. The maximum atomic E-state index is 11.9. The highest BCUT2D eigenvalue weighted by molar-refractivity contribution is 7.99. The SMILES string of the molecule is O=C(Nc1ccc(Sc2ncn[nH]2)cc1)OCC(F)(F)F. The van der Waals surface area contributed by atoms with Gasteiger partial charge in [-0.15, -0.1) is 0 Å². The lowest BCUT2D eigenvalue weighted by Crippen LogP contribution is -2.23. The molecule has 0 spiro atoms. The first kappa shape index (κ1) is 15.2. The van der Waals surface area contributed by atoms with E-state index < -0.39 is 18.9 Å². The van der Waals surface area contributed by atoms with E-state index >= 15 is 0 Å². The van der Waals surface area contributed by atoms with E-state index in [0.717, 1.165) is 4.90 Å². The zero-order valence-corrected chi connectivity index (χ0v) is 11.2. The van der Waals surface area contributed by atoms with Gasteiger partial charge in [-0.25, -0.2) is 9.78 Å². The van der Waals surface area contributed by atoms with Crippen LogP contribution in [0, 0.1) is 0 Å². The van der Waals surface area contributed by atoms with Crippen molar-refractivity contribution in [2.24, 2.45) is 0 Å². The summed E-state index contributed by atoms with van der Waals surface area (Å²) in [5, 5.41) is 9.15. The second kappa shape index (κ2) is 6.48. The van der Waals surface area contributed by atoms with E-state index in [1.807, 2.05) is 0 Å². The molecule has 10 heteroatoms. The fourth-order valence-electron chi connectivity index (χ4n) is 1.26. The van der Waals surface area contributed by atoms with Crippen LogP contribution in [0.2, 0.25) is 0 Å². The number of carbonyl (C=O) groups excluding carboxylic acids is 1. The highest BCUT2D eigenvalue weighted by Gasteiger charge is 2.29. The second-order valence-corrected chi connectivity index (χ2v) is 4.80. The lowest BCUT2D eigenvalue weighted by Gasteiger charge is -2.09. The van der Waals surface area contributed by atoms with Crippen LogP contribution < -0.4 is 5.32 Å². The van der Waals surface area contributed by atoms with Gasteiger partial charge >= 0.3 is 12.3 Å². The molecule has 0 aliphatic rings. The molecule has 0 atom stereocenters. The van der Waals surface area contributed by atoms with Crippen LogP contribution in [0.3, 0.4) is 0 Å². The van der Waals surface area contributed by atoms with Gasteiger partial charge in [0.25, 0.3) is 0 Å². The fourth-order valence-corrected chi connectivity index (χ4v) is 1.96. The van der Waals surface area contributed by atoms with Gasteiger partial charge in [-0.05, 0) is 24.3 Å². The maximum absolute atomic E-state index is 11.9. The van der Waals surface area contributed by atoms with E-state index in [2.05, 4.69) is 25.2 Å². The van der Waals surface area contributed by atoms with E-state index in [1.165, 1.54) is 30.2 Å². The Hall–Kier alpha value is -2.23. The number of carbonyl (C=O) groups is 1. The molecule has 6 nitrogen and oxygen atoms in total. The van der Waals surface area contributed by atoms with Gasteiger partial charge in [0.2, 0.25) is 0 Å². The molecule has 0 radical (unpaired) electrons. The number of ether oxygens (including phenoxy) is 1. The van der Waals surface area contributed by atoms with Crippen LogP contribution >= 0.6 is 11.8 Å². The molecule has 2 rings (SSSR count). The Balaban J connectivity index is 1.86. The van der Waals surface area contributed by atoms with Crippen molar-refractivity contribution in [3.05, 3.63) is 30.6 Å². The topological polar surface area (TPSA) is 79.9 Å². The predicted molar refractivity (Wildman–Crippen MR) is 68.0 cm³/mol. The average Bonchev–Trinajstić information content (AvgIpc) is 2.91. The lowest BCUT2D eigenvalue weighted by molar-refractivity contribution is -0.159. The van der Waals surface area contributed by atoms with Gasteiger partial charge in [-0.3, -0.25) is 10.4 Å². The number of benzene rings is 1. The molecule has 1 aromatic heterocycles. The fraction of sp³-hybridized carbons (Fsp3) is 0.182. The Kier molecular flexibility index (Phi) is 4.68. The van der Waals surface area contributed by atoms with Gasteiger partial charge in [0.05, 0.1) is 0 Å². The number of hydrogen-bond donors (Lipinski definition) is 2. The van der Waals surface area contributed by atoms with Crippen molar-refractivity contribution in [1.82, 2.24) is 15.2 Å². The number of nitrogens with zero attached hydrogens (tertiary/aromatic N) is 2. The minimum Gasteiger partial charge on any atom is -0.440 e. The van der Waals surface area contributed by atoms with Crippen molar-refractivity contribution in [2.75, 3.05) is 11.9 Å². The molecular weight excluding hydrogens is 309 g/mol. The molecule has 0 fully saturated rings. The quantitative estimate of drug-likeness (QED) is 0.905. The van der Waals surface area contributed by atoms with E-state index in [9.17, 15) is 18.0 Å². The number of hydrogen-bond acceptors (Lipinski definition) is 5. The van der Waals surface area contributed by atoms with Crippen molar-refractivity contribution in [3.8, 4) is 0 Å². The van der Waals surface area contributed by atoms with Crippen molar-refractivity contribution in [3.63, 3.8) is 0 Å². The van der Waals surface area contributed by atoms with Crippen LogP contribution in [0.5, 0.6) is 0 Å². The Morgan fingerprint density at radius 2 is 2.05 bits per heavy atom. The van der Waals surface area contributed by atoms with Crippen molar-refractivity contribution < 1.29 is 22.7 Å². The van der Waals surface area contributed by atoms with Crippen LogP contribution in [-0.2, 0) is 4.74 Å². The molecule has 1 amide bonds.